The van der Waals surface area contributed by atoms with Crippen molar-refractivity contribution in [3.8, 4) is 11.4 Å². The molecule has 2 aromatic carbocycles. The summed E-state index contributed by atoms with van der Waals surface area (Å²) in [6, 6.07) is 17.7. The standard InChI is InChI=1S/C21H23N3OS/c1-14(18(25)15-10-12-17(13-11-15)21(2,3)4)26-20-22-19(23-24-20)16-8-6-5-7-9-16/h5-14H,1-4H3,(H,22,23,24)/t14-/m0/s1. The van der Waals surface area contributed by atoms with Gasteiger partial charge in [-0.3, -0.25) is 9.89 Å². The Morgan fingerprint density at radius 1 is 1.04 bits per heavy atom. The van der Waals surface area contributed by atoms with Gasteiger partial charge < -0.3 is 0 Å². The minimum atomic E-state index is -0.255. The molecule has 0 spiro atoms. The third-order valence-corrected chi connectivity index (χ3v) is 5.16. The quantitative estimate of drug-likeness (QED) is 0.503. The minimum absolute atomic E-state index is 0.0781. The number of hydrogen-bond donors (Lipinski definition) is 1. The van der Waals surface area contributed by atoms with Crippen LogP contribution in [-0.4, -0.2) is 26.2 Å². The summed E-state index contributed by atoms with van der Waals surface area (Å²) in [7, 11) is 0. The van der Waals surface area contributed by atoms with Gasteiger partial charge in [0.25, 0.3) is 0 Å². The molecule has 4 nitrogen and oxygen atoms in total. The van der Waals surface area contributed by atoms with Crippen LogP contribution in [0.1, 0.15) is 43.6 Å². The molecule has 1 atom stereocenters. The average Bonchev–Trinajstić information content (AvgIpc) is 3.09. The van der Waals surface area contributed by atoms with Crippen LogP contribution in [0.2, 0.25) is 0 Å². The summed E-state index contributed by atoms with van der Waals surface area (Å²) in [6.07, 6.45) is 0. The van der Waals surface area contributed by atoms with Gasteiger partial charge in [0.05, 0.1) is 5.25 Å². The van der Waals surface area contributed by atoms with Crippen LogP contribution in [-0.2, 0) is 5.41 Å². The van der Waals surface area contributed by atoms with E-state index in [4.69, 9.17) is 0 Å². The Morgan fingerprint density at radius 3 is 2.31 bits per heavy atom. The predicted molar refractivity (Wildman–Crippen MR) is 107 cm³/mol. The number of nitrogens with one attached hydrogen (secondary N) is 1. The zero-order valence-electron chi connectivity index (χ0n) is 15.5. The summed E-state index contributed by atoms with van der Waals surface area (Å²) >= 11 is 1.37. The Bertz CT molecular complexity index is 880. The first-order chi connectivity index (χ1) is 12.3. The van der Waals surface area contributed by atoms with Gasteiger partial charge in [-0.15, -0.1) is 5.10 Å². The number of hydrogen-bond acceptors (Lipinski definition) is 4. The van der Waals surface area contributed by atoms with Crippen molar-refractivity contribution < 1.29 is 4.79 Å². The normalized spacial score (nSPS) is 12.8. The number of Topliss-reactive ketones (excluding diaryl/α,β-unsaturated/α-hetero) is 1. The van der Waals surface area contributed by atoms with E-state index in [1.165, 1.54) is 17.3 Å². The Kier molecular flexibility index (Phi) is 5.28. The van der Waals surface area contributed by atoms with E-state index in [9.17, 15) is 4.79 Å². The van der Waals surface area contributed by atoms with Gasteiger partial charge in [0.1, 0.15) is 0 Å². The average molecular weight is 366 g/mol. The maximum Gasteiger partial charge on any atom is 0.209 e. The molecule has 0 aliphatic rings. The molecule has 1 aromatic heterocycles. The minimum Gasteiger partial charge on any atom is -0.293 e. The highest BCUT2D eigenvalue weighted by molar-refractivity contribution is 8.00. The summed E-state index contributed by atoms with van der Waals surface area (Å²) in [4.78, 5) is 17.2. The highest BCUT2D eigenvalue weighted by atomic mass is 32.2. The fourth-order valence-electron chi connectivity index (χ4n) is 2.61. The molecule has 1 heterocycles. The van der Waals surface area contributed by atoms with Crippen LogP contribution in [0.15, 0.2) is 59.8 Å². The van der Waals surface area contributed by atoms with Gasteiger partial charge in [0.2, 0.25) is 5.16 Å². The Hall–Kier alpha value is -2.40. The Labute approximate surface area is 158 Å². The Balaban J connectivity index is 1.69. The van der Waals surface area contributed by atoms with E-state index in [0.29, 0.717) is 11.0 Å². The third-order valence-electron chi connectivity index (χ3n) is 4.20. The summed E-state index contributed by atoms with van der Waals surface area (Å²) in [5, 5.41) is 7.49. The number of carbonyl (C=O) groups is 1. The second kappa shape index (κ2) is 7.46. The van der Waals surface area contributed by atoms with Gasteiger partial charge in [0, 0.05) is 11.1 Å². The molecule has 5 heteroatoms. The molecule has 0 aliphatic heterocycles. The molecule has 1 N–H and O–H groups in total. The number of rotatable bonds is 5. The van der Waals surface area contributed by atoms with Gasteiger partial charge in [-0.05, 0) is 17.9 Å². The van der Waals surface area contributed by atoms with Crippen LogP contribution >= 0.6 is 11.8 Å². The van der Waals surface area contributed by atoms with Crippen molar-refractivity contribution in [2.75, 3.05) is 0 Å². The van der Waals surface area contributed by atoms with Crippen LogP contribution in [0.3, 0.4) is 0 Å². The number of H-pyrrole nitrogens is 1. The van der Waals surface area contributed by atoms with Crippen molar-refractivity contribution >= 4 is 17.5 Å². The summed E-state index contributed by atoms with van der Waals surface area (Å²) < 4.78 is 0. The van der Waals surface area contributed by atoms with Crippen LogP contribution in [0.25, 0.3) is 11.4 Å². The molecule has 0 amide bonds. The molecule has 3 aromatic rings. The van der Waals surface area contributed by atoms with Gasteiger partial charge in [0.15, 0.2) is 11.6 Å². The molecule has 0 aliphatic carbocycles. The zero-order valence-corrected chi connectivity index (χ0v) is 16.3. The molecule has 0 fully saturated rings. The van der Waals surface area contributed by atoms with E-state index in [-0.39, 0.29) is 16.4 Å². The molecule has 3 rings (SSSR count). The second-order valence-corrected chi connectivity index (χ2v) is 8.59. The highest BCUT2D eigenvalue weighted by Crippen LogP contribution is 2.26. The fourth-order valence-corrected chi connectivity index (χ4v) is 3.41. The second-order valence-electron chi connectivity index (χ2n) is 7.28. The van der Waals surface area contributed by atoms with Gasteiger partial charge in [-0.2, -0.15) is 0 Å². The van der Waals surface area contributed by atoms with E-state index >= 15 is 0 Å². The van der Waals surface area contributed by atoms with E-state index in [0.717, 1.165) is 11.1 Å². The van der Waals surface area contributed by atoms with Crippen molar-refractivity contribution in [2.45, 2.75) is 43.5 Å². The van der Waals surface area contributed by atoms with Crippen molar-refractivity contribution in [3.05, 3.63) is 65.7 Å². The number of nitrogens with zero attached hydrogens (tertiary/aromatic N) is 2. The van der Waals surface area contributed by atoms with Crippen LogP contribution in [0.5, 0.6) is 0 Å². The lowest BCUT2D eigenvalue weighted by atomic mass is 9.86. The smallest absolute Gasteiger partial charge is 0.209 e. The molecule has 0 radical (unpaired) electrons. The Morgan fingerprint density at radius 2 is 1.69 bits per heavy atom. The summed E-state index contributed by atoms with van der Waals surface area (Å²) in [6.45, 7) is 8.38. The molecule has 0 saturated heterocycles. The van der Waals surface area contributed by atoms with Crippen molar-refractivity contribution in [1.82, 2.24) is 15.2 Å². The van der Waals surface area contributed by atoms with Gasteiger partial charge >= 0.3 is 0 Å². The monoisotopic (exact) mass is 365 g/mol. The molecule has 0 saturated carbocycles. The number of thioether (sulfide) groups is 1. The molecule has 26 heavy (non-hydrogen) atoms. The first kappa shape index (κ1) is 18.4. The first-order valence-corrected chi connectivity index (χ1v) is 9.52. The van der Waals surface area contributed by atoms with Crippen LogP contribution in [0, 0.1) is 0 Å². The number of carbonyl (C=O) groups excluding carboxylic acids is 1. The lowest BCUT2D eigenvalue weighted by molar-refractivity contribution is 0.0994. The first-order valence-electron chi connectivity index (χ1n) is 8.64. The van der Waals surface area contributed by atoms with Crippen molar-refractivity contribution in [1.29, 1.82) is 0 Å². The maximum absolute atomic E-state index is 12.7. The van der Waals surface area contributed by atoms with E-state index in [1.54, 1.807) is 0 Å². The number of aromatic amines is 1. The van der Waals surface area contributed by atoms with Gasteiger partial charge in [-0.1, -0.05) is 87.1 Å². The highest BCUT2D eigenvalue weighted by Gasteiger charge is 2.20. The maximum atomic E-state index is 12.7. The molecule has 134 valence electrons. The molecule has 0 unspecified atom stereocenters. The van der Waals surface area contributed by atoms with E-state index in [1.807, 2.05) is 61.5 Å². The van der Waals surface area contributed by atoms with E-state index < -0.39 is 0 Å². The molecular weight excluding hydrogens is 342 g/mol. The van der Waals surface area contributed by atoms with Crippen LogP contribution in [0.4, 0.5) is 0 Å². The van der Waals surface area contributed by atoms with E-state index in [2.05, 4.69) is 36.0 Å². The summed E-state index contributed by atoms with van der Waals surface area (Å²) in [5.41, 5.74) is 2.99. The fraction of sp³-hybridized carbons (Fsp3) is 0.286. The third kappa shape index (κ3) is 4.22. The SMILES string of the molecule is C[C@H](Sc1n[nH]c(-c2ccccc2)n1)C(=O)c1ccc(C(C)(C)C)cc1. The molecular formula is C21H23N3OS. The number of aromatic nitrogens is 3. The number of benzene rings is 2. The predicted octanol–water partition coefficient (Wildman–Crippen LogP) is 5.13. The largest absolute Gasteiger partial charge is 0.293 e. The zero-order chi connectivity index (χ0) is 18.7. The summed E-state index contributed by atoms with van der Waals surface area (Å²) in [5.74, 6) is 0.795. The van der Waals surface area contributed by atoms with Gasteiger partial charge in [-0.25, -0.2) is 4.98 Å². The lowest BCUT2D eigenvalue weighted by Gasteiger charge is -2.19. The lowest BCUT2D eigenvalue weighted by Crippen LogP contribution is -2.15. The number of ketones is 1. The molecule has 0 bridgehead atoms. The van der Waals surface area contributed by atoms with Crippen molar-refractivity contribution in [2.24, 2.45) is 0 Å². The topological polar surface area (TPSA) is 58.6 Å². The van der Waals surface area contributed by atoms with Crippen LogP contribution < -0.4 is 0 Å². The van der Waals surface area contributed by atoms with Crippen molar-refractivity contribution in [3.63, 3.8) is 0 Å².